The number of hydrazine groups is 1. The van der Waals surface area contributed by atoms with Gasteiger partial charge >= 0.3 is 0 Å². The zero-order valence-electron chi connectivity index (χ0n) is 11.7. The van der Waals surface area contributed by atoms with E-state index in [1.54, 1.807) is 12.1 Å². The number of benzene rings is 2. The van der Waals surface area contributed by atoms with Gasteiger partial charge in [-0.05, 0) is 30.0 Å². The number of nitrogens with zero attached hydrogens (tertiary/aromatic N) is 1. The zero-order valence-corrected chi connectivity index (χ0v) is 11.7. The van der Waals surface area contributed by atoms with Crippen LogP contribution in [0.4, 0.5) is 11.4 Å². The fourth-order valence-corrected chi connectivity index (χ4v) is 2.45. The Bertz CT molecular complexity index is 686. The molecule has 0 heterocycles. The van der Waals surface area contributed by atoms with Crippen molar-refractivity contribution in [2.75, 3.05) is 5.43 Å². The number of nitro groups is 1. The van der Waals surface area contributed by atoms with Crippen molar-refractivity contribution < 1.29 is 9.72 Å². The minimum Gasteiger partial charge on any atom is -0.299 e. The molecule has 1 aliphatic rings. The number of hydrogen-bond acceptors (Lipinski definition) is 4. The Hall–Kier alpha value is -2.89. The van der Waals surface area contributed by atoms with E-state index in [0.717, 1.165) is 6.42 Å². The first-order chi connectivity index (χ1) is 10.6. The molecule has 1 fully saturated rings. The van der Waals surface area contributed by atoms with Crippen molar-refractivity contribution in [3.05, 3.63) is 70.3 Å². The minimum absolute atomic E-state index is 0.0169. The first kappa shape index (κ1) is 14.1. The summed E-state index contributed by atoms with van der Waals surface area (Å²) in [6, 6.07) is 15.8. The van der Waals surface area contributed by atoms with Gasteiger partial charge in [0.1, 0.15) is 0 Å². The van der Waals surface area contributed by atoms with Gasteiger partial charge in [0.15, 0.2) is 0 Å². The van der Waals surface area contributed by atoms with Crippen molar-refractivity contribution in [1.29, 1.82) is 0 Å². The maximum atomic E-state index is 12.1. The normalized spacial score (nSPS) is 19.3. The van der Waals surface area contributed by atoms with Gasteiger partial charge in [-0.3, -0.25) is 25.8 Å². The van der Waals surface area contributed by atoms with E-state index in [-0.39, 0.29) is 23.4 Å². The fourth-order valence-electron chi connectivity index (χ4n) is 2.45. The number of amides is 1. The van der Waals surface area contributed by atoms with Crippen molar-refractivity contribution in [2.24, 2.45) is 5.92 Å². The highest BCUT2D eigenvalue weighted by Crippen LogP contribution is 2.47. The molecular weight excluding hydrogens is 282 g/mol. The molecule has 1 amide bonds. The molecule has 6 nitrogen and oxygen atoms in total. The zero-order chi connectivity index (χ0) is 15.5. The molecule has 1 aliphatic carbocycles. The van der Waals surface area contributed by atoms with Crippen molar-refractivity contribution in [3.8, 4) is 0 Å². The van der Waals surface area contributed by atoms with Crippen LogP contribution in [0.3, 0.4) is 0 Å². The number of non-ortho nitro benzene ring substituents is 1. The van der Waals surface area contributed by atoms with Gasteiger partial charge in [-0.15, -0.1) is 0 Å². The highest BCUT2D eigenvalue weighted by molar-refractivity contribution is 5.84. The molecule has 6 heteroatoms. The average Bonchev–Trinajstić information content (AvgIpc) is 3.34. The molecule has 112 valence electrons. The van der Waals surface area contributed by atoms with Gasteiger partial charge in [0.2, 0.25) is 5.91 Å². The number of anilines is 1. The molecule has 2 aromatic carbocycles. The van der Waals surface area contributed by atoms with Crippen LogP contribution >= 0.6 is 0 Å². The van der Waals surface area contributed by atoms with Crippen LogP contribution in [0, 0.1) is 16.0 Å². The van der Waals surface area contributed by atoms with E-state index in [9.17, 15) is 14.9 Å². The predicted molar refractivity (Wildman–Crippen MR) is 82.2 cm³/mol. The van der Waals surface area contributed by atoms with Crippen LogP contribution in [0.5, 0.6) is 0 Å². The van der Waals surface area contributed by atoms with E-state index in [1.165, 1.54) is 17.7 Å². The maximum absolute atomic E-state index is 12.1. The van der Waals surface area contributed by atoms with E-state index in [2.05, 4.69) is 10.9 Å². The molecule has 0 spiro atoms. The van der Waals surface area contributed by atoms with Crippen LogP contribution < -0.4 is 10.9 Å². The molecule has 2 unspecified atom stereocenters. The summed E-state index contributed by atoms with van der Waals surface area (Å²) in [6.07, 6.45) is 0.845. The summed E-state index contributed by atoms with van der Waals surface area (Å²) in [4.78, 5) is 22.2. The van der Waals surface area contributed by atoms with Crippen LogP contribution in [-0.2, 0) is 4.79 Å². The number of hydrogen-bond donors (Lipinski definition) is 2. The van der Waals surface area contributed by atoms with Gasteiger partial charge in [0, 0.05) is 18.1 Å². The largest absolute Gasteiger partial charge is 0.299 e. The Morgan fingerprint density at radius 2 is 1.77 bits per heavy atom. The third kappa shape index (κ3) is 3.06. The Labute approximate surface area is 127 Å². The summed E-state index contributed by atoms with van der Waals surface area (Å²) in [5, 5.41) is 10.6. The van der Waals surface area contributed by atoms with Gasteiger partial charge in [-0.25, -0.2) is 0 Å². The van der Waals surface area contributed by atoms with Crippen LogP contribution in [0.1, 0.15) is 17.9 Å². The molecular formula is C16H15N3O3. The minimum atomic E-state index is -0.461. The number of nitrogens with one attached hydrogen (secondary N) is 2. The lowest BCUT2D eigenvalue weighted by molar-refractivity contribution is -0.384. The Balaban J connectivity index is 1.52. The molecule has 1 saturated carbocycles. The fraction of sp³-hybridized carbons (Fsp3) is 0.188. The number of nitro benzene ring substituents is 1. The van der Waals surface area contributed by atoms with Gasteiger partial charge in [-0.1, -0.05) is 30.3 Å². The van der Waals surface area contributed by atoms with Gasteiger partial charge in [0.25, 0.3) is 5.69 Å². The first-order valence-corrected chi connectivity index (χ1v) is 7.00. The van der Waals surface area contributed by atoms with E-state index in [0.29, 0.717) is 5.69 Å². The van der Waals surface area contributed by atoms with Crippen LogP contribution in [0.2, 0.25) is 0 Å². The molecule has 0 radical (unpaired) electrons. The smallest absolute Gasteiger partial charge is 0.269 e. The van der Waals surface area contributed by atoms with Crippen LogP contribution in [0.25, 0.3) is 0 Å². The number of carbonyl (C=O) groups is 1. The predicted octanol–water partition coefficient (Wildman–Crippen LogP) is 2.84. The average molecular weight is 297 g/mol. The third-order valence-electron chi connectivity index (χ3n) is 3.76. The van der Waals surface area contributed by atoms with Gasteiger partial charge < -0.3 is 0 Å². The summed E-state index contributed by atoms with van der Waals surface area (Å²) < 4.78 is 0. The van der Waals surface area contributed by atoms with Crippen molar-refractivity contribution in [1.82, 2.24) is 5.43 Å². The Morgan fingerprint density at radius 3 is 2.41 bits per heavy atom. The lowest BCUT2D eigenvalue weighted by Gasteiger charge is -2.08. The molecule has 0 aliphatic heterocycles. The van der Waals surface area contributed by atoms with E-state index in [4.69, 9.17) is 0 Å². The Kier molecular flexibility index (Phi) is 3.74. The van der Waals surface area contributed by atoms with Crippen LogP contribution in [0.15, 0.2) is 54.6 Å². The van der Waals surface area contributed by atoms with Crippen LogP contribution in [-0.4, -0.2) is 10.8 Å². The second kappa shape index (κ2) is 5.85. The van der Waals surface area contributed by atoms with Gasteiger partial charge in [-0.2, -0.15) is 0 Å². The van der Waals surface area contributed by atoms with E-state index < -0.39 is 4.92 Å². The summed E-state index contributed by atoms with van der Waals surface area (Å²) in [5.41, 5.74) is 7.24. The third-order valence-corrected chi connectivity index (χ3v) is 3.76. The lowest BCUT2D eigenvalue weighted by atomic mass is 10.1. The summed E-state index contributed by atoms with van der Waals surface area (Å²) in [7, 11) is 0. The topological polar surface area (TPSA) is 84.3 Å². The summed E-state index contributed by atoms with van der Waals surface area (Å²) in [5.74, 6) is 0.194. The standard InChI is InChI=1S/C16H15N3O3/c20-16(15-10-14(15)11-4-2-1-3-5-11)18-17-12-6-8-13(9-7-12)19(21)22/h1-9,14-15,17H,10H2,(H,18,20). The molecule has 2 N–H and O–H groups in total. The quantitative estimate of drug-likeness (QED) is 0.656. The number of rotatable bonds is 5. The molecule has 2 atom stereocenters. The van der Waals surface area contributed by atoms with Crippen molar-refractivity contribution in [2.45, 2.75) is 12.3 Å². The van der Waals surface area contributed by atoms with E-state index in [1.807, 2.05) is 30.3 Å². The summed E-state index contributed by atoms with van der Waals surface area (Å²) >= 11 is 0. The SMILES string of the molecule is O=C(NNc1ccc([N+](=O)[O-])cc1)C1CC1c1ccccc1. The first-order valence-electron chi connectivity index (χ1n) is 7.00. The molecule has 22 heavy (non-hydrogen) atoms. The van der Waals surface area contributed by atoms with Crippen molar-refractivity contribution >= 4 is 17.3 Å². The highest BCUT2D eigenvalue weighted by atomic mass is 16.6. The summed E-state index contributed by atoms with van der Waals surface area (Å²) in [6.45, 7) is 0. The molecule has 0 bridgehead atoms. The second-order valence-electron chi connectivity index (χ2n) is 5.28. The number of carbonyl (C=O) groups excluding carboxylic acids is 1. The maximum Gasteiger partial charge on any atom is 0.269 e. The second-order valence-corrected chi connectivity index (χ2v) is 5.28. The highest BCUT2D eigenvalue weighted by Gasteiger charge is 2.43. The molecule has 2 aromatic rings. The molecule has 0 saturated heterocycles. The molecule has 3 rings (SSSR count). The molecule has 0 aromatic heterocycles. The van der Waals surface area contributed by atoms with Gasteiger partial charge in [0.05, 0.1) is 10.6 Å². The van der Waals surface area contributed by atoms with Crippen molar-refractivity contribution in [3.63, 3.8) is 0 Å². The lowest BCUT2D eigenvalue weighted by Crippen LogP contribution is -2.31. The van der Waals surface area contributed by atoms with E-state index >= 15 is 0 Å². The monoisotopic (exact) mass is 297 g/mol. The Morgan fingerprint density at radius 1 is 1.09 bits per heavy atom.